The summed E-state index contributed by atoms with van der Waals surface area (Å²) in [5.41, 5.74) is 0.774. The van der Waals surface area contributed by atoms with Gasteiger partial charge in [-0.25, -0.2) is 0 Å². The fraction of sp³-hybridized carbons (Fsp3) is 0.583. The second kappa shape index (κ2) is 4.89. The highest BCUT2D eigenvalue weighted by molar-refractivity contribution is 5.53. The number of aromatic nitrogens is 3. The summed E-state index contributed by atoms with van der Waals surface area (Å²) in [6.45, 7) is 3.99. The van der Waals surface area contributed by atoms with Crippen molar-refractivity contribution in [3.63, 3.8) is 0 Å². The molecule has 2 aromatic heterocycles. The summed E-state index contributed by atoms with van der Waals surface area (Å²) in [4.78, 5) is 4.40. The molecule has 0 saturated carbocycles. The number of piperidine rings is 1. The summed E-state index contributed by atoms with van der Waals surface area (Å²) in [5.74, 6) is 2.56. The molecule has 6 nitrogen and oxygen atoms in total. The summed E-state index contributed by atoms with van der Waals surface area (Å²) in [5, 5.41) is 11.1. The van der Waals surface area contributed by atoms with Gasteiger partial charge in [0.2, 0.25) is 0 Å². The van der Waals surface area contributed by atoms with Crippen molar-refractivity contribution in [2.24, 2.45) is 5.92 Å². The topological polar surface area (TPSA) is 77.0 Å². The third-order valence-corrected chi connectivity index (χ3v) is 3.32. The van der Waals surface area contributed by atoms with Gasteiger partial charge in [0.05, 0.1) is 6.20 Å². The molecule has 0 aliphatic carbocycles. The molecule has 0 amide bonds. The Labute approximate surface area is 105 Å². The van der Waals surface area contributed by atoms with E-state index >= 15 is 0 Å². The van der Waals surface area contributed by atoms with E-state index in [1.54, 1.807) is 6.20 Å². The monoisotopic (exact) mass is 248 g/mol. The van der Waals surface area contributed by atoms with E-state index in [-0.39, 0.29) is 0 Å². The van der Waals surface area contributed by atoms with Crippen LogP contribution in [0.15, 0.2) is 15.2 Å². The highest BCUT2D eigenvalue weighted by Crippen LogP contribution is 2.22. The third-order valence-electron chi connectivity index (χ3n) is 3.32. The first-order valence-corrected chi connectivity index (χ1v) is 6.28. The van der Waals surface area contributed by atoms with Gasteiger partial charge in [0.25, 0.3) is 5.89 Å². The van der Waals surface area contributed by atoms with E-state index in [4.69, 9.17) is 9.05 Å². The molecule has 3 rings (SSSR count). The Balaban J connectivity index is 1.71. The molecule has 96 valence electrons. The minimum atomic E-state index is 0.493. The van der Waals surface area contributed by atoms with Gasteiger partial charge < -0.3 is 14.4 Å². The van der Waals surface area contributed by atoms with Gasteiger partial charge >= 0.3 is 0 Å². The Morgan fingerprint density at radius 2 is 2.39 bits per heavy atom. The van der Waals surface area contributed by atoms with Gasteiger partial charge in [-0.2, -0.15) is 4.98 Å². The van der Waals surface area contributed by atoms with Crippen molar-refractivity contribution in [2.75, 3.05) is 13.1 Å². The van der Waals surface area contributed by atoms with Crippen molar-refractivity contribution in [1.82, 2.24) is 20.6 Å². The molecule has 6 heteroatoms. The molecule has 2 aromatic rings. The molecule has 1 fully saturated rings. The van der Waals surface area contributed by atoms with E-state index in [1.807, 2.05) is 6.92 Å². The molecule has 0 radical (unpaired) electrons. The summed E-state index contributed by atoms with van der Waals surface area (Å²) >= 11 is 0. The van der Waals surface area contributed by atoms with Gasteiger partial charge in [-0.1, -0.05) is 10.3 Å². The number of hydrogen-bond acceptors (Lipinski definition) is 6. The van der Waals surface area contributed by atoms with Gasteiger partial charge in [0.15, 0.2) is 5.82 Å². The van der Waals surface area contributed by atoms with Gasteiger partial charge in [0.1, 0.15) is 11.3 Å². The first kappa shape index (κ1) is 11.4. The van der Waals surface area contributed by atoms with Crippen LogP contribution in [0.4, 0.5) is 0 Å². The van der Waals surface area contributed by atoms with Crippen LogP contribution in [0.3, 0.4) is 0 Å². The molecule has 1 unspecified atom stereocenters. The summed E-state index contributed by atoms with van der Waals surface area (Å²) in [6.07, 6.45) is 4.92. The van der Waals surface area contributed by atoms with E-state index in [1.165, 1.54) is 12.8 Å². The average molecular weight is 248 g/mol. The molecule has 1 N–H and O–H groups in total. The minimum absolute atomic E-state index is 0.493. The molecule has 1 saturated heterocycles. The van der Waals surface area contributed by atoms with Crippen molar-refractivity contribution in [3.05, 3.63) is 17.8 Å². The zero-order valence-corrected chi connectivity index (χ0v) is 10.3. The molecule has 0 aromatic carbocycles. The van der Waals surface area contributed by atoms with Crippen molar-refractivity contribution < 1.29 is 9.05 Å². The summed E-state index contributed by atoms with van der Waals surface area (Å²) in [7, 11) is 0. The second-order valence-electron chi connectivity index (χ2n) is 4.73. The van der Waals surface area contributed by atoms with Gasteiger partial charge in [0, 0.05) is 6.42 Å². The molecule has 1 atom stereocenters. The normalized spacial score (nSPS) is 20.2. The van der Waals surface area contributed by atoms with Crippen molar-refractivity contribution in [2.45, 2.75) is 26.2 Å². The lowest BCUT2D eigenvalue weighted by molar-refractivity contribution is 0.359. The largest absolute Gasteiger partial charge is 0.361 e. The van der Waals surface area contributed by atoms with Crippen LogP contribution >= 0.6 is 0 Å². The summed E-state index contributed by atoms with van der Waals surface area (Å²) in [6, 6.07) is 0. The SMILES string of the molecule is Cc1oncc1-c1nc(CC2CCCNC2)no1. The lowest BCUT2D eigenvalue weighted by Crippen LogP contribution is -2.31. The zero-order chi connectivity index (χ0) is 12.4. The Morgan fingerprint density at radius 1 is 1.44 bits per heavy atom. The molecular weight excluding hydrogens is 232 g/mol. The molecule has 3 heterocycles. The lowest BCUT2D eigenvalue weighted by Gasteiger charge is -2.20. The maximum Gasteiger partial charge on any atom is 0.263 e. The maximum absolute atomic E-state index is 5.25. The number of rotatable bonds is 3. The van der Waals surface area contributed by atoms with E-state index in [0.29, 0.717) is 17.6 Å². The molecule has 0 bridgehead atoms. The summed E-state index contributed by atoms with van der Waals surface area (Å²) < 4.78 is 10.2. The van der Waals surface area contributed by atoms with Crippen LogP contribution in [0.5, 0.6) is 0 Å². The fourth-order valence-electron chi connectivity index (χ4n) is 2.31. The molecule has 1 aliphatic heterocycles. The maximum atomic E-state index is 5.25. The molecular formula is C12H16N4O2. The highest BCUT2D eigenvalue weighted by Gasteiger charge is 2.19. The molecule has 18 heavy (non-hydrogen) atoms. The average Bonchev–Trinajstić information content (AvgIpc) is 2.99. The smallest absolute Gasteiger partial charge is 0.263 e. The Hall–Kier alpha value is -1.69. The van der Waals surface area contributed by atoms with E-state index in [9.17, 15) is 0 Å². The second-order valence-corrected chi connectivity index (χ2v) is 4.73. The number of nitrogens with zero attached hydrogens (tertiary/aromatic N) is 3. The number of hydrogen-bond donors (Lipinski definition) is 1. The molecule has 1 aliphatic rings. The van der Waals surface area contributed by atoms with Crippen LogP contribution in [-0.4, -0.2) is 28.4 Å². The van der Waals surface area contributed by atoms with E-state index in [2.05, 4.69) is 20.6 Å². The van der Waals surface area contributed by atoms with Crippen LogP contribution in [0, 0.1) is 12.8 Å². The third kappa shape index (κ3) is 2.28. The quantitative estimate of drug-likeness (QED) is 0.888. The fourth-order valence-corrected chi connectivity index (χ4v) is 2.31. The van der Waals surface area contributed by atoms with Crippen LogP contribution < -0.4 is 5.32 Å². The van der Waals surface area contributed by atoms with Crippen molar-refractivity contribution in [3.8, 4) is 11.5 Å². The Kier molecular flexibility index (Phi) is 3.10. The standard InChI is InChI=1S/C12H16N4O2/c1-8-10(7-14-17-8)12-15-11(16-18-12)5-9-3-2-4-13-6-9/h7,9,13H,2-6H2,1H3. The van der Waals surface area contributed by atoms with Crippen molar-refractivity contribution in [1.29, 1.82) is 0 Å². The van der Waals surface area contributed by atoms with E-state index in [0.717, 1.165) is 30.9 Å². The number of aryl methyl sites for hydroxylation is 1. The van der Waals surface area contributed by atoms with E-state index < -0.39 is 0 Å². The minimum Gasteiger partial charge on any atom is -0.361 e. The number of nitrogens with one attached hydrogen (secondary N) is 1. The Morgan fingerprint density at radius 3 is 3.11 bits per heavy atom. The van der Waals surface area contributed by atoms with Gasteiger partial charge in [-0.05, 0) is 38.8 Å². The molecule has 0 spiro atoms. The van der Waals surface area contributed by atoms with Crippen LogP contribution in [0.25, 0.3) is 11.5 Å². The van der Waals surface area contributed by atoms with Crippen LogP contribution in [0.1, 0.15) is 24.4 Å². The lowest BCUT2D eigenvalue weighted by atomic mass is 9.96. The predicted molar refractivity (Wildman–Crippen MR) is 63.8 cm³/mol. The highest BCUT2D eigenvalue weighted by atomic mass is 16.5. The van der Waals surface area contributed by atoms with Crippen molar-refractivity contribution >= 4 is 0 Å². The van der Waals surface area contributed by atoms with Crippen LogP contribution in [-0.2, 0) is 6.42 Å². The van der Waals surface area contributed by atoms with Gasteiger partial charge in [-0.3, -0.25) is 0 Å². The Bertz CT molecular complexity index is 514. The zero-order valence-electron chi connectivity index (χ0n) is 10.3. The predicted octanol–water partition coefficient (Wildman–Crippen LogP) is 1.58. The first-order chi connectivity index (χ1) is 8.83. The first-order valence-electron chi connectivity index (χ1n) is 6.28. The van der Waals surface area contributed by atoms with Gasteiger partial charge in [-0.15, -0.1) is 0 Å². The van der Waals surface area contributed by atoms with Crippen LogP contribution in [0.2, 0.25) is 0 Å².